The van der Waals surface area contributed by atoms with E-state index in [1.807, 2.05) is 24.3 Å². The van der Waals surface area contributed by atoms with E-state index in [1.165, 1.54) is 28.3 Å². The summed E-state index contributed by atoms with van der Waals surface area (Å²) < 4.78 is 0. The number of carbonyl (C=O) groups is 3. The molecule has 2 aliphatic rings. The first-order chi connectivity index (χ1) is 19.7. The smallest absolute Gasteiger partial charge is 0.328 e. The standard InChI is InChI=1S/C27H29N3O2S.C4H4O4/c1-19(18-29-14-6-7-15-29)30-22-9-3-5-11-25(22)33-26-13-12-20(16-23(26)30)27(32)28-17-21-8-2-4-10-24(21)31;5-3(6)1-2-4(7)8/h2-5,8-13,16,19,31H,6-7,14-15,17-18H2,1H3,(H,28,32);1-2H,(H,5,6)(H,7,8). The second-order valence-corrected chi connectivity index (χ2v) is 10.9. The van der Waals surface area contributed by atoms with Crippen LogP contribution in [0.1, 0.15) is 35.7 Å². The monoisotopic (exact) mass is 575 g/mol. The molecule has 0 aromatic heterocycles. The van der Waals surface area contributed by atoms with E-state index in [1.54, 1.807) is 23.9 Å². The number of anilines is 2. The number of phenols is 1. The van der Waals surface area contributed by atoms with Crippen LogP contribution in [0.4, 0.5) is 11.4 Å². The molecule has 3 aromatic carbocycles. The van der Waals surface area contributed by atoms with Gasteiger partial charge in [0.1, 0.15) is 5.75 Å². The average molecular weight is 576 g/mol. The molecule has 0 aliphatic carbocycles. The predicted octanol–water partition coefficient (Wildman–Crippen LogP) is 5.12. The normalized spacial score (nSPS) is 14.9. The molecule has 0 spiro atoms. The van der Waals surface area contributed by atoms with Crippen LogP contribution in [0.2, 0.25) is 0 Å². The van der Waals surface area contributed by atoms with Crippen molar-refractivity contribution >= 4 is 41.0 Å². The highest BCUT2D eigenvalue weighted by molar-refractivity contribution is 7.99. The maximum absolute atomic E-state index is 13.0. The number of carboxylic acids is 2. The number of benzene rings is 3. The summed E-state index contributed by atoms with van der Waals surface area (Å²) in [7, 11) is 0. The van der Waals surface area contributed by atoms with Gasteiger partial charge < -0.3 is 30.4 Å². The zero-order valence-electron chi connectivity index (χ0n) is 22.7. The number of hydrogen-bond acceptors (Lipinski definition) is 7. The summed E-state index contributed by atoms with van der Waals surface area (Å²) in [6.07, 6.45) is 3.67. The van der Waals surface area contributed by atoms with Gasteiger partial charge in [0.25, 0.3) is 5.91 Å². The fourth-order valence-corrected chi connectivity index (χ4v) is 5.95. The highest BCUT2D eigenvalue weighted by atomic mass is 32.2. The molecule has 1 fully saturated rings. The first kappa shape index (κ1) is 29.7. The molecule has 4 N–H and O–H groups in total. The van der Waals surface area contributed by atoms with Crippen LogP contribution in [0.5, 0.6) is 5.75 Å². The molecule has 1 unspecified atom stereocenters. The Morgan fingerprint density at radius 2 is 1.54 bits per heavy atom. The van der Waals surface area contributed by atoms with Gasteiger partial charge in [-0.05, 0) is 69.3 Å². The van der Waals surface area contributed by atoms with E-state index in [0.29, 0.717) is 23.3 Å². The Hall–Kier alpha value is -4.28. The van der Waals surface area contributed by atoms with E-state index >= 15 is 0 Å². The molecule has 3 aromatic rings. The number of para-hydroxylation sites is 2. The fourth-order valence-electron chi connectivity index (χ4n) is 4.90. The summed E-state index contributed by atoms with van der Waals surface area (Å²) in [5, 5.41) is 28.6. The van der Waals surface area contributed by atoms with Crippen LogP contribution in [0.15, 0.2) is 88.7 Å². The minimum atomic E-state index is -1.26. The number of phenolic OH excluding ortho intramolecular Hbond substituents is 1. The maximum Gasteiger partial charge on any atom is 0.328 e. The minimum Gasteiger partial charge on any atom is -0.508 e. The lowest BCUT2D eigenvalue weighted by atomic mass is 10.1. The first-order valence-electron chi connectivity index (χ1n) is 13.3. The fraction of sp³-hybridized carbons (Fsp3) is 0.258. The van der Waals surface area contributed by atoms with Gasteiger partial charge in [-0.3, -0.25) is 4.79 Å². The van der Waals surface area contributed by atoms with Crippen LogP contribution >= 0.6 is 11.8 Å². The van der Waals surface area contributed by atoms with Crippen LogP contribution in [-0.4, -0.2) is 63.7 Å². The van der Waals surface area contributed by atoms with E-state index in [4.69, 9.17) is 10.2 Å². The van der Waals surface area contributed by atoms with Crippen molar-refractivity contribution in [1.82, 2.24) is 10.2 Å². The highest BCUT2D eigenvalue weighted by Crippen LogP contribution is 2.49. The topological polar surface area (TPSA) is 130 Å². The van der Waals surface area contributed by atoms with Gasteiger partial charge in [0.15, 0.2) is 0 Å². The number of rotatable bonds is 8. The van der Waals surface area contributed by atoms with Crippen LogP contribution in [-0.2, 0) is 16.1 Å². The Balaban J connectivity index is 0.000000426. The number of nitrogens with one attached hydrogen (secondary N) is 1. The molecule has 10 heteroatoms. The summed E-state index contributed by atoms with van der Waals surface area (Å²) in [5.41, 5.74) is 3.62. The molecular weight excluding hydrogens is 542 g/mol. The SMILES string of the molecule is CC(CN1CCCC1)N1c2ccccc2Sc2ccc(C(=O)NCc3ccccc3O)cc21.O=C(O)C=CC(=O)O. The molecule has 5 rings (SSSR count). The second-order valence-electron chi connectivity index (χ2n) is 9.80. The van der Waals surface area contributed by atoms with Crippen LogP contribution in [0.25, 0.3) is 0 Å². The molecule has 1 atom stereocenters. The van der Waals surface area contributed by atoms with Crippen molar-refractivity contribution in [2.45, 2.75) is 42.1 Å². The number of carbonyl (C=O) groups excluding carboxylic acids is 1. The Labute approximate surface area is 243 Å². The van der Waals surface area contributed by atoms with Gasteiger partial charge in [-0.2, -0.15) is 0 Å². The number of nitrogens with zero attached hydrogens (tertiary/aromatic N) is 2. The molecule has 214 valence electrons. The molecule has 1 saturated heterocycles. The number of hydrogen-bond donors (Lipinski definition) is 4. The van der Waals surface area contributed by atoms with Gasteiger partial charge in [-0.25, -0.2) is 9.59 Å². The van der Waals surface area contributed by atoms with Gasteiger partial charge in [0.05, 0.1) is 11.4 Å². The summed E-state index contributed by atoms with van der Waals surface area (Å²) in [6, 6.07) is 21.8. The van der Waals surface area contributed by atoms with E-state index in [0.717, 1.165) is 25.3 Å². The molecule has 1 amide bonds. The molecule has 2 heterocycles. The lowest BCUT2D eigenvalue weighted by Gasteiger charge is -2.39. The number of likely N-dealkylation sites (tertiary alicyclic amines) is 1. The molecule has 0 bridgehead atoms. The van der Waals surface area contributed by atoms with Crippen molar-refractivity contribution < 1.29 is 29.7 Å². The largest absolute Gasteiger partial charge is 0.508 e. The zero-order valence-corrected chi connectivity index (χ0v) is 23.5. The summed E-state index contributed by atoms with van der Waals surface area (Å²) in [4.78, 5) is 39.4. The van der Waals surface area contributed by atoms with Crippen molar-refractivity contribution in [1.29, 1.82) is 0 Å². The third-order valence-corrected chi connectivity index (χ3v) is 7.92. The summed E-state index contributed by atoms with van der Waals surface area (Å²) in [6.45, 7) is 5.89. The van der Waals surface area contributed by atoms with E-state index in [2.05, 4.69) is 52.4 Å². The van der Waals surface area contributed by atoms with E-state index in [-0.39, 0.29) is 24.2 Å². The Bertz CT molecular complexity index is 1420. The van der Waals surface area contributed by atoms with Gasteiger partial charge in [0, 0.05) is 52.2 Å². The first-order valence-corrected chi connectivity index (χ1v) is 14.2. The van der Waals surface area contributed by atoms with E-state index in [9.17, 15) is 19.5 Å². The lowest BCUT2D eigenvalue weighted by Crippen LogP contribution is -2.40. The quantitative estimate of drug-likeness (QED) is 0.270. The Kier molecular flexibility index (Phi) is 10.0. The lowest BCUT2D eigenvalue weighted by molar-refractivity contribution is -0.134. The second kappa shape index (κ2) is 13.9. The van der Waals surface area contributed by atoms with Crippen molar-refractivity contribution in [3.05, 3.63) is 90.0 Å². The molecule has 41 heavy (non-hydrogen) atoms. The number of amides is 1. The van der Waals surface area contributed by atoms with Crippen molar-refractivity contribution in [2.75, 3.05) is 24.5 Å². The molecule has 0 radical (unpaired) electrons. The number of fused-ring (bicyclic) bond motifs is 2. The molecule has 0 saturated carbocycles. The van der Waals surface area contributed by atoms with Crippen LogP contribution in [0, 0.1) is 0 Å². The summed E-state index contributed by atoms with van der Waals surface area (Å²) in [5.74, 6) is -2.46. The highest BCUT2D eigenvalue weighted by Gasteiger charge is 2.29. The zero-order chi connectivity index (χ0) is 29.4. The van der Waals surface area contributed by atoms with Gasteiger partial charge in [0.2, 0.25) is 0 Å². The molecular formula is C31H33N3O6S. The van der Waals surface area contributed by atoms with Crippen LogP contribution < -0.4 is 10.2 Å². The van der Waals surface area contributed by atoms with Gasteiger partial charge in [-0.1, -0.05) is 42.1 Å². The van der Waals surface area contributed by atoms with E-state index < -0.39 is 11.9 Å². The number of aromatic hydroxyl groups is 1. The van der Waals surface area contributed by atoms with Gasteiger partial charge >= 0.3 is 11.9 Å². The minimum absolute atomic E-state index is 0.142. The van der Waals surface area contributed by atoms with Gasteiger partial charge in [-0.15, -0.1) is 0 Å². The van der Waals surface area contributed by atoms with Crippen molar-refractivity contribution in [2.24, 2.45) is 0 Å². The summed E-state index contributed by atoms with van der Waals surface area (Å²) >= 11 is 1.76. The number of aliphatic carboxylic acids is 2. The van der Waals surface area contributed by atoms with Crippen molar-refractivity contribution in [3.63, 3.8) is 0 Å². The predicted molar refractivity (Wildman–Crippen MR) is 158 cm³/mol. The van der Waals surface area contributed by atoms with Crippen LogP contribution in [0.3, 0.4) is 0 Å². The maximum atomic E-state index is 13.0. The van der Waals surface area contributed by atoms with Crippen molar-refractivity contribution in [3.8, 4) is 5.75 Å². The Morgan fingerprint density at radius 1 is 0.902 bits per heavy atom. The number of carboxylic acid groups (broad SMARTS) is 2. The third-order valence-electron chi connectivity index (χ3n) is 6.79. The average Bonchev–Trinajstić information content (AvgIpc) is 3.47. The third kappa shape index (κ3) is 7.90. The molecule has 2 aliphatic heterocycles. The molecule has 9 nitrogen and oxygen atoms in total. The Morgan fingerprint density at radius 3 is 2.22 bits per heavy atom.